The van der Waals surface area contributed by atoms with Crippen LogP contribution in [0.4, 0.5) is 14.5 Å². The molecule has 2 aromatic rings. The Kier molecular flexibility index (Phi) is 4.74. The molecule has 0 radical (unpaired) electrons. The van der Waals surface area contributed by atoms with E-state index in [1.165, 1.54) is 24.3 Å². The molecule has 2 rings (SSSR count). The van der Waals surface area contributed by atoms with Gasteiger partial charge in [0.1, 0.15) is 11.6 Å². The van der Waals surface area contributed by atoms with Gasteiger partial charge in [0.2, 0.25) is 0 Å². The van der Waals surface area contributed by atoms with Gasteiger partial charge in [0.25, 0.3) is 0 Å². The number of rotatable bonds is 3. The molecule has 0 saturated heterocycles. The number of halogens is 5. The van der Waals surface area contributed by atoms with Crippen LogP contribution in [0.5, 0.6) is 0 Å². The molecule has 0 aromatic heterocycles. The lowest BCUT2D eigenvalue weighted by Gasteiger charge is -2.19. The summed E-state index contributed by atoms with van der Waals surface area (Å²) >= 11 is 17.6. The van der Waals surface area contributed by atoms with Crippen molar-refractivity contribution in [1.82, 2.24) is 0 Å². The van der Waals surface area contributed by atoms with E-state index in [0.717, 1.165) is 0 Å². The molecule has 0 bridgehead atoms. The number of nitrogens with one attached hydrogen (secondary N) is 1. The van der Waals surface area contributed by atoms with Gasteiger partial charge in [0.15, 0.2) is 0 Å². The van der Waals surface area contributed by atoms with Crippen LogP contribution in [-0.4, -0.2) is 0 Å². The summed E-state index contributed by atoms with van der Waals surface area (Å²) in [5.74, 6) is -1.08. The van der Waals surface area contributed by atoms with Gasteiger partial charge in [-0.15, -0.1) is 0 Å². The largest absolute Gasteiger partial charge is 0.376 e. The van der Waals surface area contributed by atoms with E-state index in [0.29, 0.717) is 15.6 Å². The van der Waals surface area contributed by atoms with Crippen LogP contribution < -0.4 is 5.32 Å². The van der Waals surface area contributed by atoms with Crippen molar-refractivity contribution in [3.8, 4) is 0 Å². The lowest BCUT2D eigenvalue weighted by molar-refractivity contribution is 0.621. The first-order chi connectivity index (χ1) is 9.40. The van der Waals surface area contributed by atoms with Gasteiger partial charge in [-0.1, -0.05) is 34.8 Å². The number of anilines is 1. The van der Waals surface area contributed by atoms with Gasteiger partial charge in [0, 0.05) is 15.6 Å². The van der Waals surface area contributed by atoms with Crippen molar-refractivity contribution in [2.45, 2.75) is 13.0 Å². The van der Waals surface area contributed by atoms with Crippen molar-refractivity contribution in [3.63, 3.8) is 0 Å². The van der Waals surface area contributed by atoms with Crippen LogP contribution in [0.25, 0.3) is 0 Å². The van der Waals surface area contributed by atoms with E-state index in [-0.39, 0.29) is 10.7 Å². The van der Waals surface area contributed by atoms with E-state index in [2.05, 4.69) is 5.32 Å². The van der Waals surface area contributed by atoms with Crippen molar-refractivity contribution in [3.05, 3.63) is 62.6 Å². The third-order valence-corrected chi connectivity index (χ3v) is 3.76. The van der Waals surface area contributed by atoms with Crippen molar-refractivity contribution in [1.29, 1.82) is 0 Å². The SMILES string of the molecule is CC(Nc1ccc(Cl)cc1F)c1c(Cl)ccc(F)c1Cl. The van der Waals surface area contributed by atoms with Crippen molar-refractivity contribution in [2.75, 3.05) is 5.32 Å². The van der Waals surface area contributed by atoms with E-state index >= 15 is 0 Å². The fourth-order valence-electron chi connectivity index (χ4n) is 1.85. The highest BCUT2D eigenvalue weighted by molar-refractivity contribution is 6.36. The summed E-state index contributed by atoms with van der Waals surface area (Å²) in [5.41, 5.74) is 0.612. The Labute approximate surface area is 130 Å². The van der Waals surface area contributed by atoms with Gasteiger partial charge >= 0.3 is 0 Å². The first-order valence-corrected chi connectivity index (χ1v) is 6.88. The van der Waals surface area contributed by atoms with Crippen molar-refractivity contribution >= 4 is 40.5 Å². The van der Waals surface area contributed by atoms with Gasteiger partial charge in [-0.3, -0.25) is 0 Å². The molecule has 0 heterocycles. The monoisotopic (exact) mass is 335 g/mol. The van der Waals surface area contributed by atoms with Crippen LogP contribution >= 0.6 is 34.8 Å². The van der Waals surface area contributed by atoms with E-state index in [1.54, 1.807) is 13.0 Å². The summed E-state index contributed by atoms with van der Waals surface area (Å²) in [6, 6.07) is 6.36. The normalized spacial score (nSPS) is 12.3. The molecule has 20 heavy (non-hydrogen) atoms. The molecule has 0 spiro atoms. The quantitative estimate of drug-likeness (QED) is 0.668. The van der Waals surface area contributed by atoms with Gasteiger partial charge in [-0.25, -0.2) is 8.78 Å². The summed E-state index contributed by atoms with van der Waals surface area (Å²) in [5, 5.41) is 3.42. The van der Waals surface area contributed by atoms with E-state index < -0.39 is 17.7 Å². The molecule has 1 unspecified atom stereocenters. The van der Waals surface area contributed by atoms with Crippen LogP contribution in [0.15, 0.2) is 30.3 Å². The predicted octanol–water partition coefficient (Wildman–Crippen LogP) is 6.10. The Morgan fingerprint density at radius 2 is 1.70 bits per heavy atom. The molecule has 0 saturated carbocycles. The molecule has 6 heteroatoms. The minimum atomic E-state index is -0.573. The zero-order valence-electron chi connectivity index (χ0n) is 10.4. The molecule has 106 valence electrons. The number of hydrogen-bond acceptors (Lipinski definition) is 1. The average molecular weight is 337 g/mol. The first-order valence-electron chi connectivity index (χ1n) is 5.75. The molecule has 0 aliphatic heterocycles. The van der Waals surface area contributed by atoms with E-state index in [4.69, 9.17) is 34.8 Å². The minimum absolute atomic E-state index is 0.0770. The summed E-state index contributed by atoms with van der Waals surface area (Å²) in [4.78, 5) is 0. The molecule has 1 N–H and O–H groups in total. The third-order valence-electron chi connectivity index (χ3n) is 2.82. The van der Waals surface area contributed by atoms with Crippen LogP contribution in [0, 0.1) is 11.6 Å². The highest BCUT2D eigenvalue weighted by Gasteiger charge is 2.18. The van der Waals surface area contributed by atoms with Crippen molar-refractivity contribution in [2.24, 2.45) is 0 Å². The van der Waals surface area contributed by atoms with Gasteiger partial charge in [-0.05, 0) is 37.3 Å². The zero-order chi connectivity index (χ0) is 14.9. The summed E-state index contributed by atoms with van der Waals surface area (Å²) in [6.45, 7) is 1.71. The predicted molar refractivity (Wildman–Crippen MR) is 79.9 cm³/mol. The number of benzene rings is 2. The lowest BCUT2D eigenvalue weighted by Crippen LogP contribution is -2.10. The Morgan fingerprint density at radius 3 is 2.35 bits per heavy atom. The molecule has 1 atom stereocenters. The summed E-state index contributed by atoms with van der Waals surface area (Å²) in [6.07, 6.45) is 0. The molecule has 0 amide bonds. The molecule has 0 fully saturated rings. The zero-order valence-corrected chi connectivity index (χ0v) is 12.6. The second kappa shape index (κ2) is 6.17. The minimum Gasteiger partial charge on any atom is -0.376 e. The second-order valence-corrected chi connectivity index (χ2v) is 5.47. The summed E-state index contributed by atoms with van der Waals surface area (Å²) < 4.78 is 27.2. The first kappa shape index (κ1) is 15.4. The highest BCUT2D eigenvalue weighted by Crippen LogP contribution is 2.34. The van der Waals surface area contributed by atoms with Crippen LogP contribution in [0.1, 0.15) is 18.5 Å². The molecule has 1 nitrogen and oxygen atoms in total. The maximum Gasteiger partial charge on any atom is 0.147 e. The lowest BCUT2D eigenvalue weighted by atomic mass is 10.1. The molecular weight excluding hydrogens is 327 g/mol. The smallest absolute Gasteiger partial charge is 0.147 e. The van der Waals surface area contributed by atoms with Crippen LogP contribution in [-0.2, 0) is 0 Å². The topological polar surface area (TPSA) is 12.0 Å². The standard InChI is InChI=1S/C14H10Cl3F2N/c1-7(13-9(16)3-4-10(18)14(13)17)20-12-5-2-8(15)6-11(12)19/h2-7,20H,1H3. The fraction of sp³-hybridized carbons (Fsp3) is 0.143. The maximum atomic E-state index is 13.7. The van der Waals surface area contributed by atoms with Crippen LogP contribution in [0.3, 0.4) is 0 Å². The Bertz CT molecular complexity index is 647. The van der Waals surface area contributed by atoms with E-state index in [1.807, 2.05) is 0 Å². The fourth-order valence-corrected chi connectivity index (χ4v) is 2.71. The van der Waals surface area contributed by atoms with Crippen molar-refractivity contribution < 1.29 is 8.78 Å². The Morgan fingerprint density at radius 1 is 1.00 bits per heavy atom. The Hall–Kier alpha value is -1.03. The summed E-state index contributed by atoms with van der Waals surface area (Å²) in [7, 11) is 0. The average Bonchev–Trinajstić information content (AvgIpc) is 2.38. The molecule has 0 aliphatic carbocycles. The molecule has 2 aromatic carbocycles. The van der Waals surface area contributed by atoms with Gasteiger partial charge in [-0.2, -0.15) is 0 Å². The maximum absolute atomic E-state index is 13.7. The van der Waals surface area contributed by atoms with E-state index in [9.17, 15) is 8.78 Å². The molecular formula is C14H10Cl3F2N. The third kappa shape index (κ3) is 3.17. The second-order valence-electron chi connectivity index (χ2n) is 4.25. The Balaban J connectivity index is 2.33. The number of hydrogen-bond donors (Lipinski definition) is 1. The van der Waals surface area contributed by atoms with Crippen LogP contribution in [0.2, 0.25) is 15.1 Å². The molecule has 0 aliphatic rings. The van der Waals surface area contributed by atoms with Gasteiger partial charge in [0.05, 0.1) is 16.8 Å². The highest BCUT2D eigenvalue weighted by atomic mass is 35.5. The van der Waals surface area contributed by atoms with Gasteiger partial charge < -0.3 is 5.32 Å².